The van der Waals surface area contributed by atoms with Crippen LogP contribution in [0.4, 0.5) is 0 Å². The van der Waals surface area contributed by atoms with Crippen LogP contribution in [0.2, 0.25) is 0 Å². The normalized spacial score (nSPS) is 16.9. The van der Waals surface area contributed by atoms with Crippen molar-refractivity contribution in [1.29, 1.82) is 0 Å². The van der Waals surface area contributed by atoms with Gasteiger partial charge >= 0.3 is 6.72 Å². The molecule has 0 radical (unpaired) electrons. The first-order valence-corrected chi connectivity index (χ1v) is 13.6. The summed E-state index contributed by atoms with van der Waals surface area (Å²) in [6, 6.07) is 0. The lowest BCUT2D eigenvalue weighted by Gasteiger charge is -2.20. The largest absolute Gasteiger partial charge is 0.429 e. The smallest absolute Gasteiger partial charge is 0.377 e. The molecule has 0 aliphatic heterocycles. The molecular formula is C21H41O3PS. The summed E-state index contributed by atoms with van der Waals surface area (Å²) in [7, 11) is 0. The van der Waals surface area contributed by atoms with Crippen molar-refractivity contribution in [3.05, 3.63) is 11.8 Å². The molecule has 0 aromatic heterocycles. The molecular weight excluding hydrogens is 363 g/mol. The maximum Gasteiger partial charge on any atom is 0.377 e. The summed E-state index contributed by atoms with van der Waals surface area (Å²) in [6.45, 7) is -0.296. The van der Waals surface area contributed by atoms with Gasteiger partial charge in [-0.1, -0.05) is 84.0 Å². The van der Waals surface area contributed by atoms with Crippen molar-refractivity contribution in [2.45, 2.75) is 116 Å². The zero-order valence-corrected chi connectivity index (χ0v) is 18.6. The maximum atomic E-state index is 10.1. The minimum atomic E-state index is -3.08. The second-order valence-corrected chi connectivity index (χ2v) is 10.3. The lowest BCUT2D eigenvalue weighted by Crippen LogP contribution is -2.00. The molecule has 1 aliphatic rings. The number of unbranched alkanes of at least 4 members (excludes halogenated alkanes) is 12. The lowest BCUT2D eigenvalue weighted by molar-refractivity contribution is 0.219. The Bertz CT molecular complexity index is 412. The average Bonchev–Trinajstić information content (AvgIpc) is 2.62. The third kappa shape index (κ3) is 14.2. The zero-order chi connectivity index (χ0) is 18.9. The Morgan fingerprint density at radius 2 is 1.42 bits per heavy atom. The zero-order valence-electron chi connectivity index (χ0n) is 16.9. The van der Waals surface area contributed by atoms with E-state index in [2.05, 4.69) is 6.92 Å². The van der Waals surface area contributed by atoms with Gasteiger partial charge in [-0.05, 0) is 31.8 Å². The summed E-state index contributed by atoms with van der Waals surface area (Å²) in [5, 5.41) is 0. The number of rotatable bonds is 17. The summed E-state index contributed by atoms with van der Waals surface area (Å²) in [5.74, 6) is 0.826. The van der Waals surface area contributed by atoms with E-state index < -0.39 is 6.72 Å². The van der Waals surface area contributed by atoms with Crippen molar-refractivity contribution in [2.75, 3.05) is 6.61 Å². The summed E-state index contributed by atoms with van der Waals surface area (Å²) < 4.78 is 11.0. The van der Waals surface area contributed by atoms with E-state index in [1.54, 1.807) is 0 Å². The second kappa shape index (κ2) is 16.1. The van der Waals surface area contributed by atoms with E-state index in [0.717, 1.165) is 37.9 Å². The molecule has 1 atom stereocenters. The van der Waals surface area contributed by atoms with Gasteiger partial charge in [0, 0.05) is 18.2 Å². The van der Waals surface area contributed by atoms with E-state index in [1.165, 1.54) is 77.0 Å². The summed E-state index contributed by atoms with van der Waals surface area (Å²) in [5.41, 5.74) is 0. The van der Waals surface area contributed by atoms with Crippen LogP contribution >= 0.6 is 6.72 Å². The predicted molar refractivity (Wildman–Crippen MR) is 116 cm³/mol. The van der Waals surface area contributed by atoms with E-state index in [1.807, 2.05) is 6.08 Å². The van der Waals surface area contributed by atoms with Crippen LogP contribution in [0.25, 0.3) is 0 Å². The highest BCUT2D eigenvalue weighted by atomic mass is 32.5. The highest BCUT2D eigenvalue weighted by Gasteiger charge is 2.18. The first-order valence-electron chi connectivity index (χ1n) is 11.0. The highest BCUT2D eigenvalue weighted by Crippen LogP contribution is 2.47. The third-order valence-corrected chi connectivity index (χ3v) is 6.50. The molecule has 3 nitrogen and oxygen atoms in total. The SMILES string of the molecule is CCCCCCCCCCCCCCCOP(O)(=S)OC1=CCCCC1. The topological polar surface area (TPSA) is 38.7 Å². The molecule has 0 heterocycles. The molecule has 0 aromatic rings. The monoisotopic (exact) mass is 404 g/mol. The van der Waals surface area contributed by atoms with Gasteiger partial charge in [-0.15, -0.1) is 0 Å². The molecule has 154 valence electrons. The van der Waals surface area contributed by atoms with Gasteiger partial charge in [0.05, 0.1) is 6.61 Å². The fraction of sp³-hybridized carbons (Fsp3) is 0.905. The molecule has 0 fully saturated rings. The summed E-state index contributed by atoms with van der Waals surface area (Å²) in [6.07, 6.45) is 23.4. The van der Waals surface area contributed by atoms with Crippen LogP contribution in [-0.4, -0.2) is 11.5 Å². The number of allylic oxidation sites excluding steroid dienone is 2. The third-order valence-electron chi connectivity index (χ3n) is 4.98. The van der Waals surface area contributed by atoms with Gasteiger partial charge in [0.2, 0.25) is 0 Å². The van der Waals surface area contributed by atoms with Crippen LogP contribution in [0.15, 0.2) is 11.8 Å². The van der Waals surface area contributed by atoms with Crippen molar-refractivity contribution in [3.8, 4) is 0 Å². The maximum absolute atomic E-state index is 10.1. The fourth-order valence-corrected chi connectivity index (χ4v) is 4.75. The minimum Gasteiger partial charge on any atom is -0.429 e. The van der Waals surface area contributed by atoms with Crippen molar-refractivity contribution >= 4 is 18.5 Å². The van der Waals surface area contributed by atoms with Gasteiger partial charge in [0.1, 0.15) is 5.76 Å². The van der Waals surface area contributed by atoms with Gasteiger partial charge in [-0.2, -0.15) is 0 Å². The molecule has 0 saturated heterocycles. The quantitative estimate of drug-likeness (QED) is 0.198. The van der Waals surface area contributed by atoms with Crippen LogP contribution in [0.3, 0.4) is 0 Å². The molecule has 0 bridgehead atoms. The van der Waals surface area contributed by atoms with Crippen molar-refractivity contribution in [2.24, 2.45) is 0 Å². The Labute approximate surface area is 167 Å². The molecule has 0 saturated carbocycles. The van der Waals surface area contributed by atoms with E-state index in [4.69, 9.17) is 20.9 Å². The van der Waals surface area contributed by atoms with Gasteiger partial charge in [0.25, 0.3) is 0 Å². The molecule has 0 spiro atoms. The molecule has 0 aromatic carbocycles. The van der Waals surface area contributed by atoms with Crippen LogP contribution < -0.4 is 0 Å². The fourth-order valence-electron chi connectivity index (χ4n) is 3.37. The second-order valence-electron chi connectivity index (χ2n) is 7.55. The van der Waals surface area contributed by atoms with Crippen LogP contribution in [0, 0.1) is 0 Å². The number of hydrogen-bond donors (Lipinski definition) is 1. The van der Waals surface area contributed by atoms with Crippen molar-refractivity contribution in [3.63, 3.8) is 0 Å². The lowest BCUT2D eigenvalue weighted by atomic mass is 10.0. The Hall–Kier alpha value is 0.110. The average molecular weight is 405 g/mol. The van der Waals surface area contributed by atoms with Crippen molar-refractivity contribution < 1.29 is 13.9 Å². The predicted octanol–water partition coefficient (Wildman–Crippen LogP) is 7.79. The van der Waals surface area contributed by atoms with E-state index in [-0.39, 0.29) is 0 Å². The van der Waals surface area contributed by atoms with Crippen LogP contribution in [0.5, 0.6) is 0 Å². The van der Waals surface area contributed by atoms with Gasteiger partial charge in [-0.25, -0.2) is 0 Å². The van der Waals surface area contributed by atoms with Crippen LogP contribution in [-0.2, 0) is 20.9 Å². The van der Waals surface area contributed by atoms with E-state index in [0.29, 0.717) is 6.61 Å². The first-order chi connectivity index (χ1) is 12.6. The highest BCUT2D eigenvalue weighted by molar-refractivity contribution is 8.07. The first kappa shape index (κ1) is 24.1. The van der Waals surface area contributed by atoms with E-state index >= 15 is 0 Å². The molecule has 1 unspecified atom stereocenters. The van der Waals surface area contributed by atoms with Gasteiger partial charge in [-0.3, -0.25) is 4.52 Å². The molecule has 1 N–H and O–H groups in total. The molecule has 1 rings (SSSR count). The Balaban J connectivity index is 1.85. The molecule has 26 heavy (non-hydrogen) atoms. The van der Waals surface area contributed by atoms with Gasteiger partial charge in [0.15, 0.2) is 0 Å². The molecule has 1 aliphatic carbocycles. The molecule has 5 heteroatoms. The van der Waals surface area contributed by atoms with Crippen molar-refractivity contribution in [1.82, 2.24) is 0 Å². The molecule has 0 amide bonds. The summed E-state index contributed by atoms with van der Waals surface area (Å²) >= 11 is 5.10. The Kier molecular flexibility index (Phi) is 15.0. The van der Waals surface area contributed by atoms with E-state index in [9.17, 15) is 4.89 Å². The van der Waals surface area contributed by atoms with Crippen LogP contribution in [0.1, 0.15) is 116 Å². The Morgan fingerprint density at radius 1 is 0.885 bits per heavy atom. The van der Waals surface area contributed by atoms with Gasteiger partial charge < -0.3 is 9.42 Å². The summed E-state index contributed by atoms with van der Waals surface area (Å²) in [4.78, 5) is 10.1. The Morgan fingerprint density at radius 3 is 1.92 bits per heavy atom. The number of hydrogen-bond acceptors (Lipinski definition) is 3. The standard InChI is InChI=1S/C21H41O3PS/c1-2-3-4-5-6-7-8-9-10-11-12-13-17-20-23-25(22,26)24-21-18-15-14-16-19-21/h18H,2-17,19-20H2,1H3,(H,22,26). The minimum absolute atomic E-state index is 0.513.